The van der Waals surface area contributed by atoms with Crippen LogP contribution < -0.4 is 0 Å². The Kier molecular flexibility index (Phi) is 3.44. The number of carbonyl (C=O) groups excluding carboxylic acids is 2. The van der Waals surface area contributed by atoms with Crippen molar-refractivity contribution in [2.45, 2.75) is 0 Å². The molecule has 0 unspecified atom stereocenters. The first-order chi connectivity index (χ1) is 8.11. The van der Waals surface area contributed by atoms with Crippen molar-refractivity contribution in [3.63, 3.8) is 0 Å². The standard InChI is InChI=1S/C11H10N2O2S2/c1-12(13-9(14)7-17-11(13)16)10(15)8-5-3-2-4-6-8/h2-6H,7H2,1H3. The molecule has 88 valence electrons. The molecule has 17 heavy (non-hydrogen) atoms. The van der Waals surface area contributed by atoms with Crippen LogP contribution in [0, 0.1) is 0 Å². The minimum Gasteiger partial charge on any atom is -0.272 e. The van der Waals surface area contributed by atoms with Crippen molar-refractivity contribution in [2.75, 3.05) is 12.8 Å². The Bertz CT molecular complexity index is 460. The molecule has 6 heteroatoms. The van der Waals surface area contributed by atoms with Crippen molar-refractivity contribution in [1.29, 1.82) is 0 Å². The van der Waals surface area contributed by atoms with Crippen LogP contribution in [0.3, 0.4) is 0 Å². The van der Waals surface area contributed by atoms with E-state index in [0.29, 0.717) is 15.6 Å². The van der Waals surface area contributed by atoms with Gasteiger partial charge in [0.1, 0.15) is 0 Å². The number of rotatable bonds is 2. The zero-order valence-electron chi connectivity index (χ0n) is 9.12. The van der Waals surface area contributed by atoms with Gasteiger partial charge in [0, 0.05) is 12.6 Å². The molecule has 2 rings (SSSR count). The fraction of sp³-hybridized carbons (Fsp3) is 0.182. The number of nitrogens with zero attached hydrogens (tertiary/aromatic N) is 2. The molecule has 0 N–H and O–H groups in total. The molecule has 1 aromatic carbocycles. The summed E-state index contributed by atoms with van der Waals surface area (Å²) < 4.78 is 0.418. The Morgan fingerprint density at radius 3 is 2.59 bits per heavy atom. The molecule has 1 saturated heterocycles. The number of thiocarbonyl (C=S) groups is 1. The van der Waals surface area contributed by atoms with Gasteiger partial charge in [-0.1, -0.05) is 42.2 Å². The lowest BCUT2D eigenvalue weighted by Gasteiger charge is -2.26. The number of amides is 2. The van der Waals surface area contributed by atoms with E-state index >= 15 is 0 Å². The number of carbonyl (C=O) groups is 2. The van der Waals surface area contributed by atoms with Crippen LogP contribution in [0.25, 0.3) is 0 Å². The largest absolute Gasteiger partial charge is 0.272 e. The third-order valence-corrected chi connectivity index (χ3v) is 3.68. The van der Waals surface area contributed by atoms with Crippen molar-refractivity contribution in [1.82, 2.24) is 10.0 Å². The van der Waals surface area contributed by atoms with Crippen LogP contribution in [0.5, 0.6) is 0 Å². The lowest BCUT2D eigenvalue weighted by Crippen LogP contribution is -2.46. The fourth-order valence-electron chi connectivity index (χ4n) is 1.50. The Labute approximate surface area is 109 Å². The van der Waals surface area contributed by atoms with Crippen molar-refractivity contribution in [2.24, 2.45) is 0 Å². The number of hydrazine groups is 1. The van der Waals surface area contributed by atoms with E-state index in [-0.39, 0.29) is 11.8 Å². The van der Waals surface area contributed by atoms with Gasteiger partial charge in [0.2, 0.25) is 0 Å². The van der Waals surface area contributed by atoms with Crippen LogP contribution >= 0.6 is 24.0 Å². The number of thioether (sulfide) groups is 1. The predicted molar refractivity (Wildman–Crippen MR) is 70.4 cm³/mol. The van der Waals surface area contributed by atoms with Crippen molar-refractivity contribution in [3.05, 3.63) is 35.9 Å². The maximum absolute atomic E-state index is 12.1. The van der Waals surface area contributed by atoms with Crippen LogP contribution in [-0.4, -0.2) is 39.0 Å². The van der Waals surface area contributed by atoms with E-state index in [1.165, 1.54) is 21.8 Å². The van der Waals surface area contributed by atoms with Gasteiger partial charge in [0.25, 0.3) is 11.8 Å². The summed E-state index contributed by atoms with van der Waals surface area (Å²) in [4.78, 5) is 23.7. The molecule has 0 aromatic heterocycles. The quantitative estimate of drug-likeness (QED) is 0.761. The maximum atomic E-state index is 12.1. The molecule has 2 amide bonds. The summed E-state index contributed by atoms with van der Waals surface area (Å²) in [6.45, 7) is 0. The Balaban J connectivity index is 2.21. The van der Waals surface area contributed by atoms with Gasteiger partial charge < -0.3 is 0 Å². The smallest absolute Gasteiger partial charge is 0.272 e. The molecular weight excluding hydrogens is 256 g/mol. The first kappa shape index (κ1) is 12.1. The topological polar surface area (TPSA) is 40.6 Å². The van der Waals surface area contributed by atoms with Gasteiger partial charge in [-0.2, -0.15) is 0 Å². The lowest BCUT2D eigenvalue weighted by molar-refractivity contribution is -0.131. The fourth-order valence-corrected chi connectivity index (χ4v) is 2.61. The molecule has 0 saturated carbocycles. The second-order valence-corrected chi connectivity index (χ2v) is 5.06. The van der Waals surface area contributed by atoms with Gasteiger partial charge >= 0.3 is 0 Å². The van der Waals surface area contributed by atoms with E-state index in [2.05, 4.69) is 0 Å². The monoisotopic (exact) mass is 266 g/mol. The van der Waals surface area contributed by atoms with Crippen LogP contribution in [-0.2, 0) is 4.79 Å². The molecule has 1 fully saturated rings. The molecule has 0 spiro atoms. The average molecular weight is 266 g/mol. The summed E-state index contributed by atoms with van der Waals surface area (Å²) in [5.41, 5.74) is 0.530. The summed E-state index contributed by atoms with van der Waals surface area (Å²) in [6.07, 6.45) is 0. The zero-order valence-corrected chi connectivity index (χ0v) is 10.8. The highest BCUT2D eigenvalue weighted by atomic mass is 32.2. The minimum absolute atomic E-state index is 0.160. The van der Waals surface area contributed by atoms with Gasteiger partial charge in [-0.3, -0.25) is 9.59 Å². The van der Waals surface area contributed by atoms with E-state index in [1.54, 1.807) is 31.3 Å². The number of hydrogen-bond donors (Lipinski definition) is 0. The van der Waals surface area contributed by atoms with Gasteiger partial charge in [0.15, 0.2) is 4.32 Å². The third kappa shape index (κ3) is 2.32. The molecular formula is C11H10N2O2S2. The Morgan fingerprint density at radius 1 is 1.41 bits per heavy atom. The summed E-state index contributed by atoms with van der Waals surface area (Å²) in [6, 6.07) is 8.79. The van der Waals surface area contributed by atoms with Crippen LogP contribution in [0.15, 0.2) is 30.3 Å². The first-order valence-electron chi connectivity index (χ1n) is 4.94. The molecule has 0 bridgehead atoms. The highest BCUT2D eigenvalue weighted by molar-refractivity contribution is 8.23. The summed E-state index contributed by atoms with van der Waals surface area (Å²) in [5.74, 6) is -0.110. The average Bonchev–Trinajstić information content (AvgIpc) is 2.68. The normalized spacial score (nSPS) is 15.2. The summed E-state index contributed by atoms with van der Waals surface area (Å²) >= 11 is 6.31. The minimum atomic E-state index is -0.246. The second-order valence-electron chi connectivity index (χ2n) is 3.45. The van der Waals surface area contributed by atoms with Gasteiger partial charge in [0.05, 0.1) is 5.75 Å². The highest BCUT2D eigenvalue weighted by Gasteiger charge is 2.32. The zero-order chi connectivity index (χ0) is 12.4. The molecule has 4 nitrogen and oxygen atoms in total. The van der Waals surface area contributed by atoms with Gasteiger partial charge in [-0.15, -0.1) is 0 Å². The SMILES string of the molecule is CN(C(=O)c1ccccc1)N1C(=O)CSC1=S. The van der Waals surface area contributed by atoms with Crippen LogP contribution in [0.2, 0.25) is 0 Å². The van der Waals surface area contributed by atoms with Crippen molar-refractivity contribution < 1.29 is 9.59 Å². The van der Waals surface area contributed by atoms with E-state index in [9.17, 15) is 9.59 Å². The molecule has 0 aliphatic carbocycles. The van der Waals surface area contributed by atoms with E-state index in [0.717, 1.165) is 0 Å². The van der Waals surface area contributed by atoms with Crippen LogP contribution in [0.1, 0.15) is 10.4 Å². The van der Waals surface area contributed by atoms with E-state index in [1.807, 2.05) is 6.07 Å². The van der Waals surface area contributed by atoms with Crippen molar-refractivity contribution in [3.8, 4) is 0 Å². The van der Waals surface area contributed by atoms with Gasteiger partial charge in [-0.05, 0) is 12.1 Å². The molecule has 1 aliphatic rings. The third-order valence-electron chi connectivity index (χ3n) is 2.34. The van der Waals surface area contributed by atoms with Crippen molar-refractivity contribution >= 4 is 40.1 Å². The highest BCUT2D eigenvalue weighted by Crippen LogP contribution is 2.21. The lowest BCUT2D eigenvalue weighted by atomic mass is 10.2. The number of hydrogen-bond acceptors (Lipinski definition) is 4. The Hall–Kier alpha value is -1.40. The predicted octanol–water partition coefficient (Wildman–Crippen LogP) is 1.53. The first-order valence-corrected chi connectivity index (χ1v) is 6.33. The maximum Gasteiger partial charge on any atom is 0.272 e. The molecule has 0 radical (unpaired) electrons. The Morgan fingerprint density at radius 2 is 2.06 bits per heavy atom. The van der Waals surface area contributed by atoms with Crippen LogP contribution in [0.4, 0.5) is 0 Å². The summed E-state index contributed by atoms with van der Waals surface area (Å²) in [5, 5.41) is 2.51. The molecule has 0 atom stereocenters. The molecule has 1 aliphatic heterocycles. The second kappa shape index (κ2) is 4.85. The van der Waals surface area contributed by atoms with Gasteiger partial charge in [-0.25, -0.2) is 10.0 Å². The van der Waals surface area contributed by atoms with E-state index < -0.39 is 0 Å². The van der Waals surface area contributed by atoms with E-state index in [4.69, 9.17) is 12.2 Å². The number of benzene rings is 1. The molecule has 1 heterocycles. The summed E-state index contributed by atoms with van der Waals surface area (Å²) in [7, 11) is 1.55. The molecule has 1 aromatic rings.